The first kappa shape index (κ1) is 13.6. The molecule has 0 aliphatic carbocycles. The van der Waals surface area contributed by atoms with Crippen LogP contribution < -0.4 is 9.47 Å². The van der Waals surface area contributed by atoms with Gasteiger partial charge < -0.3 is 13.9 Å². The summed E-state index contributed by atoms with van der Waals surface area (Å²) in [6, 6.07) is 5.57. The van der Waals surface area contributed by atoms with Gasteiger partial charge in [0.05, 0.1) is 25.8 Å². The SMILES string of the molecule is COc1cc(OC)c2cc(-c3cn4nc(Br)sc4n3)oc2c1. The highest BCUT2D eigenvalue weighted by molar-refractivity contribution is 9.11. The molecule has 0 radical (unpaired) electrons. The van der Waals surface area contributed by atoms with Crippen molar-refractivity contribution in [3.05, 3.63) is 28.3 Å². The zero-order chi connectivity index (χ0) is 15.3. The third-order valence-electron chi connectivity index (χ3n) is 3.30. The lowest BCUT2D eigenvalue weighted by Crippen LogP contribution is -1.86. The van der Waals surface area contributed by atoms with E-state index >= 15 is 0 Å². The average molecular weight is 380 g/mol. The van der Waals surface area contributed by atoms with Crippen molar-refractivity contribution in [1.82, 2.24) is 14.6 Å². The van der Waals surface area contributed by atoms with E-state index in [9.17, 15) is 0 Å². The van der Waals surface area contributed by atoms with Crippen LogP contribution in [0.15, 0.2) is 32.7 Å². The standard InChI is InChI=1S/C14H10BrN3O3S/c1-19-7-3-10(20-2)8-5-12(21-11(8)4-7)9-6-18-14(16-9)22-13(15)17-18/h3-6H,1-2H3. The van der Waals surface area contributed by atoms with Gasteiger partial charge in [-0.15, -0.1) is 5.10 Å². The van der Waals surface area contributed by atoms with Crippen LogP contribution >= 0.6 is 27.3 Å². The van der Waals surface area contributed by atoms with E-state index in [0.29, 0.717) is 22.8 Å². The normalized spacial score (nSPS) is 11.4. The molecule has 112 valence electrons. The Bertz CT molecular complexity index is 957. The van der Waals surface area contributed by atoms with Gasteiger partial charge >= 0.3 is 0 Å². The largest absolute Gasteiger partial charge is 0.496 e. The summed E-state index contributed by atoms with van der Waals surface area (Å²) >= 11 is 4.80. The third kappa shape index (κ3) is 2.06. The fourth-order valence-electron chi connectivity index (χ4n) is 2.29. The number of halogens is 1. The first-order chi connectivity index (χ1) is 10.7. The van der Waals surface area contributed by atoms with Gasteiger partial charge in [-0.2, -0.15) is 0 Å². The third-order valence-corrected chi connectivity index (χ3v) is 4.65. The van der Waals surface area contributed by atoms with E-state index in [4.69, 9.17) is 13.9 Å². The lowest BCUT2D eigenvalue weighted by molar-refractivity contribution is 0.397. The van der Waals surface area contributed by atoms with Crippen molar-refractivity contribution in [1.29, 1.82) is 0 Å². The number of ether oxygens (including phenoxy) is 2. The van der Waals surface area contributed by atoms with Crippen molar-refractivity contribution >= 4 is 43.2 Å². The second kappa shape index (κ2) is 4.99. The van der Waals surface area contributed by atoms with Gasteiger partial charge in [0.1, 0.15) is 22.8 Å². The molecule has 8 heteroatoms. The molecule has 0 amide bonds. The lowest BCUT2D eigenvalue weighted by atomic mass is 10.2. The first-order valence-electron chi connectivity index (χ1n) is 6.35. The Morgan fingerprint density at radius 2 is 2.09 bits per heavy atom. The van der Waals surface area contributed by atoms with Gasteiger partial charge in [-0.25, -0.2) is 9.50 Å². The number of furan rings is 1. The summed E-state index contributed by atoms with van der Waals surface area (Å²) in [5, 5.41) is 5.16. The maximum atomic E-state index is 5.90. The Morgan fingerprint density at radius 1 is 1.23 bits per heavy atom. The number of methoxy groups -OCH3 is 2. The molecule has 0 bridgehead atoms. The Balaban J connectivity index is 1.89. The molecule has 3 heterocycles. The van der Waals surface area contributed by atoms with Crippen LogP contribution in [-0.2, 0) is 0 Å². The molecule has 0 aliphatic heterocycles. The highest BCUT2D eigenvalue weighted by Crippen LogP contribution is 2.36. The van der Waals surface area contributed by atoms with E-state index in [-0.39, 0.29) is 0 Å². The molecule has 0 N–H and O–H groups in total. The fourth-order valence-corrected chi connectivity index (χ4v) is 3.51. The van der Waals surface area contributed by atoms with E-state index in [1.54, 1.807) is 18.7 Å². The molecule has 3 aromatic heterocycles. The fraction of sp³-hybridized carbons (Fsp3) is 0.143. The predicted molar refractivity (Wildman–Crippen MR) is 86.9 cm³/mol. The molecule has 0 saturated carbocycles. The van der Waals surface area contributed by atoms with Gasteiger partial charge in [-0.1, -0.05) is 11.3 Å². The molecule has 0 saturated heterocycles. The summed E-state index contributed by atoms with van der Waals surface area (Å²) in [6.45, 7) is 0. The molecule has 6 nitrogen and oxygen atoms in total. The van der Waals surface area contributed by atoms with E-state index < -0.39 is 0 Å². The minimum Gasteiger partial charge on any atom is -0.496 e. The van der Waals surface area contributed by atoms with Crippen LogP contribution in [0.5, 0.6) is 11.5 Å². The molecule has 22 heavy (non-hydrogen) atoms. The summed E-state index contributed by atoms with van der Waals surface area (Å²) in [6.07, 6.45) is 1.83. The second-order valence-electron chi connectivity index (χ2n) is 4.56. The quantitative estimate of drug-likeness (QED) is 0.538. The Hall–Kier alpha value is -2.06. The summed E-state index contributed by atoms with van der Waals surface area (Å²) < 4.78 is 19.1. The van der Waals surface area contributed by atoms with Crippen LogP contribution in [0.25, 0.3) is 27.4 Å². The zero-order valence-electron chi connectivity index (χ0n) is 11.7. The average Bonchev–Trinajstić information content (AvgIpc) is 3.17. The predicted octanol–water partition coefficient (Wildman–Crippen LogP) is 3.98. The van der Waals surface area contributed by atoms with Crippen molar-refractivity contribution in [3.63, 3.8) is 0 Å². The molecular weight excluding hydrogens is 370 g/mol. The Morgan fingerprint density at radius 3 is 2.82 bits per heavy atom. The summed E-state index contributed by atoms with van der Waals surface area (Å²) in [5.74, 6) is 2.04. The Labute approximate surface area is 137 Å². The van der Waals surface area contributed by atoms with Gasteiger partial charge in [0.2, 0.25) is 4.96 Å². The van der Waals surface area contributed by atoms with Gasteiger partial charge in [0.25, 0.3) is 0 Å². The number of hydrogen-bond acceptors (Lipinski definition) is 6. The molecule has 0 aliphatic rings. The molecular formula is C14H10BrN3O3S. The lowest BCUT2D eigenvalue weighted by Gasteiger charge is -2.04. The molecule has 0 unspecified atom stereocenters. The van der Waals surface area contributed by atoms with Gasteiger partial charge in [0, 0.05) is 12.1 Å². The minimum atomic E-state index is 0.662. The van der Waals surface area contributed by atoms with Crippen molar-refractivity contribution < 1.29 is 13.9 Å². The number of rotatable bonds is 3. The van der Waals surface area contributed by atoms with Crippen molar-refractivity contribution in [3.8, 4) is 23.0 Å². The van der Waals surface area contributed by atoms with Crippen LogP contribution in [0.3, 0.4) is 0 Å². The summed E-state index contributed by atoms with van der Waals surface area (Å²) in [7, 11) is 3.23. The van der Waals surface area contributed by atoms with E-state index in [1.165, 1.54) is 11.3 Å². The van der Waals surface area contributed by atoms with E-state index in [0.717, 1.165) is 20.0 Å². The Kier molecular flexibility index (Phi) is 3.08. The smallest absolute Gasteiger partial charge is 0.213 e. The zero-order valence-corrected chi connectivity index (χ0v) is 14.1. The van der Waals surface area contributed by atoms with Crippen molar-refractivity contribution in [2.24, 2.45) is 0 Å². The van der Waals surface area contributed by atoms with Crippen molar-refractivity contribution in [2.75, 3.05) is 14.2 Å². The topological polar surface area (TPSA) is 61.8 Å². The van der Waals surface area contributed by atoms with Gasteiger partial charge in [0.15, 0.2) is 9.68 Å². The minimum absolute atomic E-state index is 0.662. The van der Waals surface area contributed by atoms with Crippen LogP contribution in [0.1, 0.15) is 0 Å². The number of benzene rings is 1. The van der Waals surface area contributed by atoms with Crippen LogP contribution in [0.4, 0.5) is 0 Å². The number of aromatic nitrogens is 3. The van der Waals surface area contributed by atoms with E-state index in [1.807, 2.05) is 24.4 Å². The van der Waals surface area contributed by atoms with Crippen LogP contribution in [0, 0.1) is 0 Å². The summed E-state index contributed by atoms with van der Waals surface area (Å²) in [4.78, 5) is 5.32. The molecule has 4 aromatic rings. The van der Waals surface area contributed by atoms with E-state index in [2.05, 4.69) is 26.0 Å². The van der Waals surface area contributed by atoms with Gasteiger partial charge in [-0.3, -0.25) is 0 Å². The number of hydrogen-bond donors (Lipinski definition) is 0. The second-order valence-corrected chi connectivity index (χ2v) is 6.79. The monoisotopic (exact) mass is 379 g/mol. The van der Waals surface area contributed by atoms with Crippen molar-refractivity contribution in [2.45, 2.75) is 0 Å². The molecule has 0 spiro atoms. The number of nitrogens with zero attached hydrogens (tertiary/aromatic N) is 3. The molecule has 0 fully saturated rings. The van der Waals surface area contributed by atoms with Crippen LogP contribution in [-0.4, -0.2) is 28.8 Å². The highest BCUT2D eigenvalue weighted by atomic mass is 79.9. The summed E-state index contributed by atoms with van der Waals surface area (Å²) in [5.41, 5.74) is 1.42. The van der Waals surface area contributed by atoms with Gasteiger partial charge in [-0.05, 0) is 22.0 Å². The highest BCUT2D eigenvalue weighted by Gasteiger charge is 2.16. The first-order valence-corrected chi connectivity index (χ1v) is 7.96. The maximum absolute atomic E-state index is 5.90. The maximum Gasteiger partial charge on any atom is 0.213 e. The molecule has 0 atom stereocenters. The number of fused-ring (bicyclic) bond motifs is 2. The molecule has 4 rings (SSSR count). The van der Waals surface area contributed by atoms with Crippen LogP contribution in [0.2, 0.25) is 0 Å². The number of imidazole rings is 1. The molecule has 1 aromatic carbocycles.